The lowest BCUT2D eigenvalue weighted by Crippen LogP contribution is -2.44. The van der Waals surface area contributed by atoms with E-state index in [1.807, 2.05) is 6.07 Å². The van der Waals surface area contributed by atoms with Crippen LogP contribution in [0.15, 0.2) is 36.5 Å². The van der Waals surface area contributed by atoms with E-state index in [9.17, 15) is 4.39 Å². The third-order valence-corrected chi connectivity index (χ3v) is 7.86. The number of hydrogen-bond donors (Lipinski definition) is 2. The fourth-order valence-electron chi connectivity index (χ4n) is 5.89. The maximum atomic E-state index is 14.4. The Kier molecular flexibility index (Phi) is 3.59. The van der Waals surface area contributed by atoms with Crippen molar-refractivity contribution in [3.63, 3.8) is 0 Å². The van der Waals surface area contributed by atoms with Gasteiger partial charge in [-0.25, -0.2) is 9.37 Å². The van der Waals surface area contributed by atoms with Crippen LogP contribution in [-0.2, 0) is 0 Å². The van der Waals surface area contributed by atoms with Gasteiger partial charge in [0.05, 0.1) is 11.7 Å². The summed E-state index contributed by atoms with van der Waals surface area (Å²) in [5, 5.41) is 6.64. The van der Waals surface area contributed by atoms with E-state index in [1.165, 1.54) is 17.4 Å². The van der Waals surface area contributed by atoms with Crippen LogP contribution in [0.4, 0.5) is 27.5 Å². The molecule has 1 saturated heterocycles. The first-order valence-electron chi connectivity index (χ1n) is 10.7. The lowest BCUT2D eigenvalue weighted by Gasteiger charge is -2.35. The maximum Gasteiger partial charge on any atom is 0.229 e. The molecule has 5 aliphatic rings. The van der Waals surface area contributed by atoms with Gasteiger partial charge in [-0.1, -0.05) is 19.1 Å². The molecule has 2 saturated carbocycles. The first kappa shape index (κ1) is 18.1. The number of likely N-dealkylation sites (N-methyl/N-ethyl adjacent to an activating group) is 1. The predicted molar refractivity (Wildman–Crippen MR) is 117 cm³/mol. The van der Waals surface area contributed by atoms with Crippen molar-refractivity contribution in [3.8, 4) is 0 Å². The maximum absolute atomic E-state index is 14.4. The van der Waals surface area contributed by atoms with Gasteiger partial charge in [-0.15, -0.1) is 0 Å². The molecule has 1 aromatic carbocycles. The first-order valence-corrected chi connectivity index (χ1v) is 10.7. The van der Waals surface area contributed by atoms with Crippen LogP contribution in [0, 0.1) is 30.0 Å². The van der Waals surface area contributed by atoms with Crippen LogP contribution in [0.5, 0.6) is 0 Å². The molecule has 2 heterocycles. The average Bonchev–Trinajstić information content (AvgIpc) is 3.20. The average molecular weight is 407 g/mol. The number of hydrogen-bond acceptors (Lipinski definition) is 6. The number of nitrogens with one attached hydrogen (secondary N) is 2. The highest BCUT2D eigenvalue weighted by Crippen LogP contribution is 2.91. The van der Waals surface area contributed by atoms with E-state index >= 15 is 0 Å². The molecule has 6 nitrogen and oxygen atoms in total. The Bertz CT molecular complexity index is 1040. The Morgan fingerprint density at radius 2 is 1.87 bits per heavy atom. The summed E-state index contributed by atoms with van der Waals surface area (Å²) >= 11 is 0. The molecule has 2 aromatic rings. The van der Waals surface area contributed by atoms with E-state index in [0.717, 1.165) is 31.9 Å². The third-order valence-electron chi connectivity index (χ3n) is 7.86. The van der Waals surface area contributed by atoms with Gasteiger partial charge in [0.25, 0.3) is 0 Å². The molecule has 0 amide bonds. The standard InChI is InChI=1S/C23H27FN6/c1-14-12-15(4-5-17(14)30-10-8-29(3)9-11-30)26-21-25-13-16(24)20(27-21)28-23-18-6-7-19(23)22(18,23)2/h4-7,12-13,18-19H,8-11H2,1-3H3,(H2,25,26,27,28)/t18-,19?,22?,23?/m1/s1. The van der Waals surface area contributed by atoms with Crippen LogP contribution in [0.25, 0.3) is 0 Å². The zero-order valence-electron chi connectivity index (χ0n) is 17.6. The highest BCUT2D eigenvalue weighted by molar-refractivity contribution is 5.68. The number of halogens is 1. The Morgan fingerprint density at radius 3 is 2.53 bits per heavy atom. The predicted octanol–water partition coefficient (Wildman–Crippen LogP) is 3.41. The normalized spacial score (nSPS) is 33.4. The molecule has 30 heavy (non-hydrogen) atoms. The number of nitrogens with zero attached hydrogens (tertiary/aromatic N) is 4. The van der Waals surface area contributed by atoms with E-state index in [-0.39, 0.29) is 11.0 Å². The molecule has 4 atom stereocenters. The van der Waals surface area contributed by atoms with Crippen LogP contribution in [-0.4, -0.2) is 53.6 Å². The van der Waals surface area contributed by atoms with E-state index < -0.39 is 5.82 Å². The van der Waals surface area contributed by atoms with Gasteiger partial charge in [-0.05, 0) is 37.7 Å². The molecule has 0 radical (unpaired) electrons. The molecule has 7 rings (SSSR count). The molecule has 4 aliphatic carbocycles. The van der Waals surface area contributed by atoms with Crippen LogP contribution >= 0.6 is 0 Å². The van der Waals surface area contributed by atoms with Gasteiger partial charge in [-0.3, -0.25) is 0 Å². The largest absolute Gasteiger partial charge is 0.369 e. The second kappa shape index (κ2) is 5.94. The summed E-state index contributed by atoms with van der Waals surface area (Å²) < 4.78 is 14.4. The SMILES string of the molecule is Cc1cc(Nc2ncc(F)c(NC34C5C=C[C@@H]3C54C)n2)ccc1N1CCN(C)CC1. The van der Waals surface area contributed by atoms with Gasteiger partial charge < -0.3 is 20.4 Å². The molecular weight excluding hydrogens is 379 g/mol. The van der Waals surface area contributed by atoms with Crippen LogP contribution in [0.2, 0.25) is 0 Å². The Hall–Kier alpha value is -2.67. The van der Waals surface area contributed by atoms with E-state index in [1.54, 1.807) is 0 Å². The zero-order chi connectivity index (χ0) is 20.7. The number of piperazine rings is 1. The minimum atomic E-state index is -0.405. The van der Waals surface area contributed by atoms with Gasteiger partial charge >= 0.3 is 0 Å². The monoisotopic (exact) mass is 406 g/mol. The molecule has 3 unspecified atom stereocenters. The molecule has 3 fully saturated rings. The van der Waals surface area contributed by atoms with Gasteiger partial charge in [0.1, 0.15) is 0 Å². The van der Waals surface area contributed by atoms with Crippen molar-refractivity contribution < 1.29 is 4.39 Å². The number of rotatable bonds is 5. The highest BCUT2D eigenvalue weighted by atomic mass is 19.1. The molecule has 2 N–H and O–H groups in total. The number of anilines is 4. The van der Waals surface area contributed by atoms with Crippen LogP contribution < -0.4 is 15.5 Å². The quantitative estimate of drug-likeness (QED) is 0.743. The second-order valence-electron chi connectivity index (χ2n) is 9.42. The fraction of sp³-hybridized carbons (Fsp3) is 0.478. The summed E-state index contributed by atoms with van der Waals surface area (Å²) in [6.07, 6.45) is 5.75. The number of benzene rings is 1. The Balaban J connectivity index is 1.18. The van der Waals surface area contributed by atoms with Gasteiger partial charge in [0, 0.05) is 54.8 Å². The summed E-state index contributed by atoms with van der Waals surface area (Å²) in [4.78, 5) is 13.4. The van der Waals surface area contributed by atoms with E-state index in [4.69, 9.17) is 0 Å². The van der Waals surface area contributed by atoms with Crippen LogP contribution in [0.3, 0.4) is 0 Å². The zero-order valence-corrected chi connectivity index (χ0v) is 17.6. The van der Waals surface area contributed by atoms with Crippen molar-refractivity contribution >= 4 is 23.1 Å². The topological polar surface area (TPSA) is 56.3 Å². The van der Waals surface area contributed by atoms with Crippen LogP contribution in [0.1, 0.15) is 12.5 Å². The van der Waals surface area contributed by atoms with Crippen molar-refractivity contribution in [1.82, 2.24) is 14.9 Å². The molecule has 2 bridgehead atoms. The summed E-state index contributed by atoms with van der Waals surface area (Å²) in [5.41, 5.74) is 3.62. The number of aryl methyl sites for hydroxylation is 1. The second-order valence-corrected chi connectivity index (χ2v) is 9.42. The third kappa shape index (κ3) is 2.32. The van der Waals surface area contributed by atoms with E-state index in [0.29, 0.717) is 23.6 Å². The van der Waals surface area contributed by atoms with Crippen molar-refractivity contribution in [1.29, 1.82) is 0 Å². The summed E-state index contributed by atoms with van der Waals surface area (Å²) in [7, 11) is 2.16. The smallest absolute Gasteiger partial charge is 0.229 e. The molecule has 1 aliphatic heterocycles. The van der Waals surface area contributed by atoms with Gasteiger partial charge in [0.15, 0.2) is 11.6 Å². The van der Waals surface area contributed by atoms with Crippen molar-refractivity contribution in [2.24, 2.45) is 17.3 Å². The molecule has 7 heteroatoms. The Labute approximate surface area is 176 Å². The Morgan fingerprint density at radius 1 is 1.13 bits per heavy atom. The van der Waals surface area contributed by atoms with Gasteiger partial charge in [-0.2, -0.15) is 4.98 Å². The van der Waals surface area contributed by atoms with Gasteiger partial charge in [0.2, 0.25) is 5.95 Å². The lowest BCUT2D eigenvalue weighted by atomic mass is 10.1. The van der Waals surface area contributed by atoms with Crippen molar-refractivity contribution in [2.45, 2.75) is 19.4 Å². The summed E-state index contributed by atoms with van der Waals surface area (Å²) in [5.74, 6) is 1.30. The summed E-state index contributed by atoms with van der Waals surface area (Å²) in [6, 6.07) is 6.30. The molecule has 0 spiro atoms. The minimum absolute atomic E-state index is 0.0137. The van der Waals surface area contributed by atoms with Crippen molar-refractivity contribution in [2.75, 3.05) is 48.8 Å². The summed E-state index contributed by atoms with van der Waals surface area (Å²) in [6.45, 7) is 8.63. The molecule has 1 aromatic heterocycles. The highest BCUT2D eigenvalue weighted by Gasteiger charge is 2.96. The fourth-order valence-corrected chi connectivity index (χ4v) is 5.89. The van der Waals surface area contributed by atoms with Crippen molar-refractivity contribution in [3.05, 3.63) is 47.9 Å². The number of aromatic nitrogens is 2. The minimum Gasteiger partial charge on any atom is -0.369 e. The van der Waals surface area contributed by atoms with E-state index in [2.05, 4.69) is 75.6 Å². The molecular formula is C23H27FN6. The first-order chi connectivity index (χ1) is 14.4. The lowest BCUT2D eigenvalue weighted by molar-refractivity contribution is 0.312. The molecule has 156 valence electrons.